The minimum absolute atomic E-state index is 0.0567. The van der Waals surface area contributed by atoms with Gasteiger partial charge in [0.1, 0.15) is 16.5 Å². The Balaban J connectivity index is 1.93. The Hall–Kier alpha value is -2.75. The van der Waals surface area contributed by atoms with E-state index < -0.39 is 26.6 Å². The predicted molar refractivity (Wildman–Crippen MR) is 118 cm³/mol. The van der Waals surface area contributed by atoms with Crippen LogP contribution in [0, 0.1) is 5.82 Å². The second-order valence-corrected chi connectivity index (χ2v) is 9.15. The minimum Gasteiger partial charge on any atom is -0.496 e. The first-order valence-electron chi connectivity index (χ1n) is 10.3. The summed E-state index contributed by atoms with van der Waals surface area (Å²) < 4.78 is 52.6. The molecule has 172 valence electrons. The minimum atomic E-state index is -4.14. The van der Waals surface area contributed by atoms with E-state index in [9.17, 15) is 17.6 Å². The Bertz CT molecular complexity index is 1070. The number of carbonyl (C=O) groups is 1. The number of benzene rings is 2. The molecule has 3 rings (SSSR count). The fraction of sp³-hybridized carbons (Fsp3) is 0.348. The highest BCUT2D eigenvalue weighted by Gasteiger charge is 2.27. The van der Waals surface area contributed by atoms with Gasteiger partial charge in [-0.05, 0) is 37.1 Å². The molecule has 9 heteroatoms. The largest absolute Gasteiger partial charge is 0.496 e. The van der Waals surface area contributed by atoms with Crippen molar-refractivity contribution in [2.45, 2.75) is 30.4 Å². The third-order valence-corrected chi connectivity index (χ3v) is 6.61. The molecule has 0 spiro atoms. The van der Waals surface area contributed by atoms with Crippen molar-refractivity contribution in [1.29, 1.82) is 0 Å². The van der Waals surface area contributed by atoms with E-state index in [1.54, 1.807) is 18.1 Å². The summed E-state index contributed by atoms with van der Waals surface area (Å²) in [6, 6.07) is 10.7. The average molecular weight is 463 g/mol. The molecule has 32 heavy (non-hydrogen) atoms. The first-order valence-corrected chi connectivity index (χ1v) is 11.8. The Morgan fingerprint density at radius 1 is 1.34 bits per heavy atom. The topological polar surface area (TPSA) is 84.9 Å². The van der Waals surface area contributed by atoms with Crippen molar-refractivity contribution in [2.75, 3.05) is 26.8 Å². The number of sulfonamides is 1. The molecule has 0 aliphatic carbocycles. The van der Waals surface area contributed by atoms with E-state index in [4.69, 9.17) is 9.47 Å². The van der Waals surface area contributed by atoms with Crippen molar-refractivity contribution in [3.8, 4) is 5.75 Å². The smallest absolute Gasteiger partial charge is 0.254 e. The van der Waals surface area contributed by atoms with Crippen LogP contribution in [0.15, 0.2) is 60.0 Å². The Kier molecular flexibility index (Phi) is 8.00. The number of hydrogen-bond donors (Lipinski definition) is 1. The van der Waals surface area contributed by atoms with Gasteiger partial charge in [0, 0.05) is 37.4 Å². The summed E-state index contributed by atoms with van der Waals surface area (Å²) in [5.74, 6) is -0.728. The maximum absolute atomic E-state index is 14.3. The van der Waals surface area contributed by atoms with E-state index in [1.807, 2.05) is 18.2 Å². The summed E-state index contributed by atoms with van der Waals surface area (Å²) in [6.07, 6.45) is 2.96. The molecule has 2 aromatic rings. The van der Waals surface area contributed by atoms with Gasteiger partial charge in [-0.25, -0.2) is 17.5 Å². The van der Waals surface area contributed by atoms with Gasteiger partial charge in [-0.3, -0.25) is 4.79 Å². The number of carbonyl (C=O) groups excluding carboxylic acids is 1. The fourth-order valence-corrected chi connectivity index (χ4v) is 4.66. The highest BCUT2D eigenvalue weighted by atomic mass is 32.2. The summed E-state index contributed by atoms with van der Waals surface area (Å²) in [6.45, 7) is 4.58. The summed E-state index contributed by atoms with van der Waals surface area (Å²) >= 11 is 0. The van der Waals surface area contributed by atoms with Gasteiger partial charge >= 0.3 is 0 Å². The quantitative estimate of drug-likeness (QED) is 0.549. The molecular formula is C23H27FN2O5S. The standard InChI is InChI=1S/C23H27FN2O5S/c1-3-12-25-32(28,29)22-14-17(10-11-20(22)24)23(27)26(16-19-8-6-13-31-19)15-18-7-4-5-9-21(18)30-2/h3-5,7,9-11,14,19,25H,1,6,8,12-13,15-16H2,2H3. The fourth-order valence-electron chi connectivity index (χ4n) is 3.56. The number of nitrogens with one attached hydrogen (secondary N) is 1. The number of para-hydroxylation sites is 1. The monoisotopic (exact) mass is 462 g/mol. The van der Waals surface area contributed by atoms with Crippen molar-refractivity contribution in [3.63, 3.8) is 0 Å². The third kappa shape index (κ3) is 5.73. The summed E-state index contributed by atoms with van der Waals surface area (Å²) in [7, 11) is -2.58. The molecule has 1 aliphatic rings. The lowest BCUT2D eigenvalue weighted by molar-refractivity contribution is 0.0505. The van der Waals surface area contributed by atoms with E-state index in [-0.39, 0.29) is 24.8 Å². The van der Waals surface area contributed by atoms with Gasteiger partial charge in [0.15, 0.2) is 0 Å². The van der Waals surface area contributed by atoms with Gasteiger partial charge in [-0.15, -0.1) is 6.58 Å². The van der Waals surface area contributed by atoms with E-state index in [2.05, 4.69) is 11.3 Å². The van der Waals surface area contributed by atoms with Crippen LogP contribution in [-0.2, 0) is 21.3 Å². The first kappa shape index (κ1) is 23.9. The van der Waals surface area contributed by atoms with Crippen molar-refractivity contribution >= 4 is 15.9 Å². The zero-order chi connectivity index (χ0) is 23.1. The van der Waals surface area contributed by atoms with Crippen LogP contribution in [0.3, 0.4) is 0 Å². The molecule has 1 N–H and O–H groups in total. The van der Waals surface area contributed by atoms with E-state index >= 15 is 0 Å². The molecule has 0 saturated carbocycles. The maximum atomic E-state index is 14.3. The molecule has 1 aliphatic heterocycles. The first-order chi connectivity index (χ1) is 15.4. The molecule has 1 unspecified atom stereocenters. The van der Waals surface area contributed by atoms with Crippen molar-refractivity contribution in [1.82, 2.24) is 9.62 Å². The molecule has 0 radical (unpaired) electrons. The zero-order valence-corrected chi connectivity index (χ0v) is 18.7. The third-order valence-electron chi connectivity index (χ3n) is 5.17. The molecule has 1 saturated heterocycles. The van der Waals surface area contributed by atoms with Crippen molar-refractivity contribution in [2.24, 2.45) is 0 Å². The van der Waals surface area contributed by atoms with Crippen LogP contribution in [-0.4, -0.2) is 52.1 Å². The highest BCUT2D eigenvalue weighted by molar-refractivity contribution is 7.89. The Morgan fingerprint density at radius 3 is 2.81 bits per heavy atom. The van der Waals surface area contributed by atoms with Crippen LogP contribution < -0.4 is 9.46 Å². The SMILES string of the molecule is C=CCNS(=O)(=O)c1cc(C(=O)N(Cc2ccccc2OC)CC2CCCO2)ccc1F. The number of methoxy groups -OCH3 is 1. The van der Waals surface area contributed by atoms with Gasteiger partial charge in [-0.1, -0.05) is 24.3 Å². The van der Waals surface area contributed by atoms with Crippen molar-refractivity contribution in [3.05, 3.63) is 72.1 Å². The number of ether oxygens (including phenoxy) is 2. The van der Waals surface area contributed by atoms with Gasteiger partial charge in [-0.2, -0.15) is 0 Å². The lowest BCUT2D eigenvalue weighted by Crippen LogP contribution is -2.37. The van der Waals surface area contributed by atoms with E-state index in [1.165, 1.54) is 12.1 Å². The molecule has 0 aromatic heterocycles. The van der Waals surface area contributed by atoms with Crippen molar-refractivity contribution < 1.29 is 27.1 Å². The molecule has 1 amide bonds. The second-order valence-electron chi connectivity index (χ2n) is 7.42. The maximum Gasteiger partial charge on any atom is 0.254 e. The van der Waals surface area contributed by atoms with Gasteiger partial charge in [0.2, 0.25) is 10.0 Å². The number of nitrogens with zero attached hydrogens (tertiary/aromatic N) is 1. The number of hydrogen-bond acceptors (Lipinski definition) is 5. The lowest BCUT2D eigenvalue weighted by Gasteiger charge is -2.26. The van der Waals surface area contributed by atoms with Crippen LogP contribution in [0.2, 0.25) is 0 Å². The molecule has 1 heterocycles. The predicted octanol–water partition coefficient (Wildman–Crippen LogP) is 3.12. The van der Waals surface area contributed by atoms with Crippen LogP contribution in [0.5, 0.6) is 5.75 Å². The van der Waals surface area contributed by atoms with Crippen LogP contribution >= 0.6 is 0 Å². The molecule has 2 aromatic carbocycles. The average Bonchev–Trinajstić information content (AvgIpc) is 3.30. The van der Waals surface area contributed by atoms with Gasteiger partial charge in [0.05, 0.1) is 13.2 Å². The second kappa shape index (κ2) is 10.7. The number of halogens is 1. The summed E-state index contributed by atoms with van der Waals surface area (Å²) in [5, 5.41) is 0. The van der Waals surface area contributed by atoms with Crippen LogP contribution in [0.4, 0.5) is 4.39 Å². The molecular weight excluding hydrogens is 435 g/mol. The molecule has 1 fully saturated rings. The van der Waals surface area contributed by atoms with E-state index in [0.29, 0.717) is 18.9 Å². The van der Waals surface area contributed by atoms with E-state index in [0.717, 1.165) is 30.5 Å². The highest BCUT2D eigenvalue weighted by Crippen LogP contribution is 2.24. The molecule has 0 bridgehead atoms. The number of rotatable bonds is 10. The Labute approximate surface area is 187 Å². The summed E-state index contributed by atoms with van der Waals surface area (Å²) in [4.78, 5) is 14.4. The number of amides is 1. The molecule has 1 atom stereocenters. The lowest BCUT2D eigenvalue weighted by atomic mass is 10.1. The van der Waals surface area contributed by atoms with Gasteiger partial charge < -0.3 is 14.4 Å². The summed E-state index contributed by atoms with van der Waals surface area (Å²) in [5.41, 5.74) is 0.863. The van der Waals surface area contributed by atoms with Gasteiger partial charge in [0.25, 0.3) is 5.91 Å². The van der Waals surface area contributed by atoms with Crippen LogP contribution in [0.25, 0.3) is 0 Å². The zero-order valence-electron chi connectivity index (χ0n) is 17.9. The Morgan fingerprint density at radius 2 is 2.12 bits per heavy atom. The van der Waals surface area contributed by atoms with Crippen LogP contribution in [0.1, 0.15) is 28.8 Å². The molecule has 7 nitrogen and oxygen atoms in total. The normalized spacial score (nSPS) is 16.0.